The Kier molecular flexibility index (Phi) is 3.41. The topological polar surface area (TPSA) is 49.8 Å². The van der Waals surface area contributed by atoms with Crippen molar-refractivity contribution in [3.05, 3.63) is 35.9 Å². The highest BCUT2D eigenvalue weighted by atomic mass is 16.5. The molecule has 4 nitrogen and oxygen atoms in total. The maximum atomic E-state index is 11.7. The minimum atomic E-state index is -0.695. The Balaban J connectivity index is 2.37. The highest BCUT2D eigenvalue weighted by Gasteiger charge is 2.48. The predicted molar refractivity (Wildman–Crippen MR) is 67.7 cm³/mol. The third-order valence-corrected chi connectivity index (χ3v) is 3.33. The summed E-state index contributed by atoms with van der Waals surface area (Å²) >= 11 is 0. The number of hydrogen-bond donors (Lipinski definition) is 1. The molecule has 1 saturated heterocycles. The van der Waals surface area contributed by atoms with Crippen LogP contribution in [0.15, 0.2) is 30.3 Å². The molecule has 1 fully saturated rings. The molecular formula is C14H19NO3. The van der Waals surface area contributed by atoms with Crippen LogP contribution < -0.4 is 0 Å². The van der Waals surface area contributed by atoms with E-state index in [2.05, 4.69) is 0 Å². The number of ether oxygens (including phenoxy) is 1. The fourth-order valence-electron chi connectivity index (χ4n) is 2.70. The van der Waals surface area contributed by atoms with Gasteiger partial charge in [-0.15, -0.1) is 0 Å². The molecule has 1 amide bonds. The van der Waals surface area contributed by atoms with Gasteiger partial charge in [0.1, 0.15) is 11.8 Å². The molecule has 1 aliphatic rings. The Bertz CT molecular complexity index is 430. The lowest BCUT2D eigenvalue weighted by Gasteiger charge is -2.31. The Morgan fingerprint density at radius 1 is 1.39 bits per heavy atom. The van der Waals surface area contributed by atoms with Gasteiger partial charge in [-0.2, -0.15) is 0 Å². The first-order valence-electron chi connectivity index (χ1n) is 6.11. The van der Waals surface area contributed by atoms with Crippen molar-refractivity contribution in [2.75, 3.05) is 6.61 Å². The van der Waals surface area contributed by atoms with E-state index in [-0.39, 0.29) is 24.7 Å². The molecular weight excluding hydrogens is 230 g/mol. The van der Waals surface area contributed by atoms with E-state index in [0.29, 0.717) is 0 Å². The van der Waals surface area contributed by atoms with Gasteiger partial charge < -0.3 is 14.7 Å². The molecule has 1 aromatic carbocycles. The van der Waals surface area contributed by atoms with Gasteiger partial charge in [0, 0.05) is 6.92 Å². The zero-order valence-electron chi connectivity index (χ0n) is 11.0. The van der Waals surface area contributed by atoms with Gasteiger partial charge in [-0.05, 0) is 19.4 Å². The van der Waals surface area contributed by atoms with E-state index in [1.165, 1.54) is 6.92 Å². The average Bonchev–Trinajstić information content (AvgIpc) is 2.61. The molecule has 0 bridgehead atoms. The smallest absolute Gasteiger partial charge is 0.222 e. The van der Waals surface area contributed by atoms with E-state index >= 15 is 0 Å². The molecule has 0 spiro atoms. The van der Waals surface area contributed by atoms with Crippen LogP contribution in [-0.2, 0) is 9.53 Å². The molecule has 2 atom stereocenters. The number of aliphatic hydroxyl groups excluding tert-OH is 1. The Morgan fingerprint density at radius 3 is 2.50 bits per heavy atom. The Hall–Kier alpha value is -1.39. The normalized spacial score (nSPS) is 26.3. The number of carbonyl (C=O) groups is 1. The van der Waals surface area contributed by atoms with Gasteiger partial charge in [-0.3, -0.25) is 4.79 Å². The highest BCUT2D eigenvalue weighted by Crippen LogP contribution is 2.40. The first-order chi connectivity index (χ1) is 8.47. The predicted octanol–water partition coefficient (Wildman–Crippen LogP) is 1.70. The van der Waals surface area contributed by atoms with E-state index in [0.717, 1.165) is 5.56 Å². The second kappa shape index (κ2) is 4.71. The van der Waals surface area contributed by atoms with Gasteiger partial charge in [-0.1, -0.05) is 30.3 Å². The second-order valence-corrected chi connectivity index (χ2v) is 5.03. The first kappa shape index (κ1) is 13.1. The Morgan fingerprint density at radius 2 is 2.00 bits per heavy atom. The molecule has 0 aromatic heterocycles. The van der Waals surface area contributed by atoms with E-state index in [9.17, 15) is 9.90 Å². The third-order valence-electron chi connectivity index (χ3n) is 3.33. The van der Waals surface area contributed by atoms with Crippen LogP contribution in [0.5, 0.6) is 0 Å². The summed E-state index contributed by atoms with van der Waals surface area (Å²) in [6.07, 6.45) is -0.282. The summed E-state index contributed by atoms with van der Waals surface area (Å²) in [6, 6.07) is 9.35. The van der Waals surface area contributed by atoms with Crippen LogP contribution in [0.1, 0.15) is 32.4 Å². The molecule has 4 heteroatoms. The number of nitrogens with zero attached hydrogens (tertiary/aromatic N) is 1. The monoisotopic (exact) mass is 249 g/mol. The average molecular weight is 249 g/mol. The number of rotatable bonds is 2. The minimum absolute atomic E-state index is 0.0857. The van der Waals surface area contributed by atoms with Crippen LogP contribution in [0.2, 0.25) is 0 Å². The summed E-state index contributed by atoms with van der Waals surface area (Å²) < 4.78 is 5.96. The summed E-state index contributed by atoms with van der Waals surface area (Å²) in [5.74, 6) is -0.0857. The number of benzene rings is 1. The lowest BCUT2D eigenvalue weighted by molar-refractivity contribution is -0.145. The number of hydrogen-bond acceptors (Lipinski definition) is 3. The molecule has 1 heterocycles. The largest absolute Gasteiger partial charge is 0.394 e. The van der Waals surface area contributed by atoms with Crippen LogP contribution in [0.4, 0.5) is 0 Å². The van der Waals surface area contributed by atoms with Crippen molar-refractivity contribution in [3.63, 3.8) is 0 Å². The quantitative estimate of drug-likeness (QED) is 0.868. The van der Waals surface area contributed by atoms with E-state index in [1.807, 2.05) is 44.2 Å². The zero-order chi connectivity index (χ0) is 13.3. The second-order valence-electron chi connectivity index (χ2n) is 5.03. The molecule has 0 saturated carbocycles. The van der Waals surface area contributed by atoms with E-state index < -0.39 is 5.72 Å². The van der Waals surface area contributed by atoms with Crippen LogP contribution in [-0.4, -0.2) is 34.3 Å². The fraction of sp³-hybridized carbons (Fsp3) is 0.500. The summed E-state index contributed by atoms with van der Waals surface area (Å²) in [5, 5.41) is 9.58. The lowest BCUT2D eigenvalue weighted by Crippen LogP contribution is -2.48. The first-order valence-corrected chi connectivity index (χ1v) is 6.11. The standard InChI is InChI=1S/C14H19NO3/c1-10(17)15-12(9-16)13(18-14(15,2)3)11-7-5-4-6-8-11/h4-8,12-13,16H,9H2,1-3H3/t12-,13-/m0/s1. The summed E-state index contributed by atoms with van der Waals surface area (Å²) in [7, 11) is 0. The molecule has 0 aliphatic carbocycles. The SMILES string of the molecule is CC(=O)N1[C@@H](CO)[C@H](c2ccccc2)OC1(C)C. The van der Waals surface area contributed by atoms with Gasteiger partial charge in [0.15, 0.2) is 0 Å². The van der Waals surface area contributed by atoms with Crippen molar-refractivity contribution in [3.8, 4) is 0 Å². The molecule has 1 N–H and O–H groups in total. The lowest BCUT2D eigenvalue weighted by atomic mass is 10.0. The van der Waals surface area contributed by atoms with Crippen molar-refractivity contribution in [2.45, 2.75) is 38.6 Å². The van der Waals surface area contributed by atoms with Crippen molar-refractivity contribution >= 4 is 5.91 Å². The molecule has 18 heavy (non-hydrogen) atoms. The van der Waals surface area contributed by atoms with Crippen LogP contribution >= 0.6 is 0 Å². The highest BCUT2D eigenvalue weighted by molar-refractivity contribution is 5.74. The Labute approximate surface area is 107 Å². The van der Waals surface area contributed by atoms with Crippen LogP contribution in [0.25, 0.3) is 0 Å². The molecule has 0 radical (unpaired) electrons. The van der Waals surface area contributed by atoms with Gasteiger partial charge in [0.2, 0.25) is 5.91 Å². The van der Waals surface area contributed by atoms with Crippen LogP contribution in [0, 0.1) is 0 Å². The van der Waals surface area contributed by atoms with Gasteiger partial charge >= 0.3 is 0 Å². The zero-order valence-corrected chi connectivity index (χ0v) is 11.0. The summed E-state index contributed by atoms with van der Waals surface area (Å²) in [5.41, 5.74) is 0.285. The minimum Gasteiger partial charge on any atom is -0.394 e. The fourth-order valence-corrected chi connectivity index (χ4v) is 2.70. The maximum Gasteiger partial charge on any atom is 0.222 e. The van der Waals surface area contributed by atoms with Crippen molar-refractivity contribution in [1.82, 2.24) is 4.90 Å². The van der Waals surface area contributed by atoms with Crippen LogP contribution in [0.3, 0.4) is 0 Å². The van der Waals surface area contributed by atoms with Gasteiger partial charge in [0.25, 0.3) is 0 Å². The molecule has 2 rings (SSSR count). The van der Waals surface area contributed by atoms with Gasteiger partial charge in [-0.25, -0.2) is 0 Å². The third kappa shape index (κ3) is 2.13. The molecule has 1 aliphatic heterocycles. The number of carbonyl (C=O) groups excluding carboxylic acids is 1. The molecule has 1 aromatic rings. The van der Waals surface area contributed by atoms with E-state index in [4.69, 9.17) is 4.74 Å². The van der Waals surface area contributed by atoms with E-state index in [1.54, 1.807) is 4.90 Å². The number of amides is 1. The summed E-state index contributed by atoms with van der Waals surface area (Å²) in [4.78, 5) is 13.4. The van der Waals surface area contributed by atoms with Crippen molar-refractivity contribution in [1.29, 1.82) is 0 Å². The number of aliphatic hydroxyl groups is 1. The molecule has 98 valence electrons. The summed E-state index contributed by atoms with van der Waals surface area (Å²) in [6.45, 7) is 5.09. The van der Waals surface area contributed by atoms with Gasteiger partial charge in [0.05, 0.1) is 12.6 Å². The van der Waals surface area contributed by atoms with Crippen molar-refractivity contribution in [2.24, 2.45) is 0 Å². The van der Waals surface area contributed by atoms with Crippen molar-refractivity contribution < 1.29 is 14.6 Å². The molecule has 0 unspecified atom stereocenters. The maximum absolute atomic E-state index is 11.7.